The fourth-order valence-electron chi connectivity index (χ4n) is 3.69. The molecule has 2 amide bonds. The van der Waals surface area contributed by atoms with Gasteiger partial charge in [-0.2, -0.15) is 0 Å². The van der Waals surface area contributed by atoms with Crippen molar-refractivity contribution < 1.29 is 19.5 Å². The van der Waals surface area contributed by atoms with Crippen LogP contribution in [0, 0.1) is 0 Å². The van der Waals surface area contributed by atoms with Crippen molar-refractivity contribution in [2.75, 3.05) is 19.6 Å². The molecule has 148 valence electrons. The second-order valence-corrected chi connectivity index (χ2v) is 7.11. The Balaban J connectivity index is 1.89. The van der Waals surface area contributed by atoms with Gasteiger partial charge < -0.3 is 19.7 Å². The van der Waals surface area contributed by atoms with Gasteiger partial charge in [0.25, 0.3) is 0 Å². The molecule has 0 radical (unpaired) electrons. The summed E-state index contributed by atoms with van der Waals surface area (Å²) >= 11 is 0. The second-order valence-electron chi connectivity index (χ2n) is 7.11. The second kappa shape index (κ2) is 11.4. The zero-order valence-corrected chi connectivity index (χ0v) is 15.9. The van der Waals surface area contributed by atoms with Gasteiger partial charge in [-0.25, -0.2) is 4.79 Å². The molecular weight excluding hydrogens is 344 g/mol. The highest BCUT2D eigenvalue weighted by atomic mass is 16.4. The maximum atomic E-state index is 12.7. The van der Waals surface area contributed by atoms with Crippen LogP contribution in [-0.2, 0) is 16.0 Å². The number of rotatable bonds is 9. The Morgan fingerprint density at radius 2 is 1.70 bits per heavy atom. The smallest absolute Gasteiger partial charge is 0.407 e. The van der Waals surface area contributed by atoms with Gasteiger partial charge in [-0.05, 0) is 24.8 Å². The molecule has 0 atom stereocenters. The third kappa shape index (κ3) is 7.04. The zero-order valence-electron chi connectivity index (χ0n) is 15.9. The van der Waals surface area contributed by atoms with E-state index < -0.39 is 6.09 Å². The van der Waals surface area contributed by atoms with Crippen LogP contribution in [-0.4, -0.2) is 58.9 Å². The summed E-state index contributed by atoms with van der Waals surface area (Å²) in [6.07, 6.45) is 6.83. The maximum Gasteiger partial charge on any atom is 0.407 e. The Bertz CT molecular complexity index is 597. The number of carboxylic acid groups (broad SMARTS) is 1. The lowest BCUT2D eigenvalue weighted by molar-refractivity contribution is -0.136. The number of carbonyl (C=O) groups excluding carboxylic acids is 2. The molecule has 2 rings (SSSR count). The Labute approximate surface area is 161 Å². The molecule has 1 aliphatic carbocycles. The summed E-state index contributed by atoms with van der Waals surface area (Å²) in [6.45, 7) is 0.605. The van der Waals surface area contributed by atoms with Crippen LogP contribution < -0.4 is 0 Å². The van der Waals surface area contributed by atoms with Crippen molar-refractivity contribution in [3.05, 3.63) is 35.9 Å². The van der Waals surface area contributed by atoms with Gasteiger partial charge in [0.1, 0.15) is 6.29 Å². The number of nitrogens with zero attached hydrogens (tertiary/aromatic N) is 2. The first kappa shape index (κ1) is 20.9. The predicted octanol–water partition coefficient (Wildman–Crippen LogP) is 3.35. The van der Waals surface area contributed by atoms with Crippen LogP contribution in [0.1, 0.15) is 50.5 Å². The van der Waals surface area contributed by atoms with Gasteiger partial charge >= 0.3 is 6.09 Å². The van der Waals surface area contributed by atoms with Crippen LogP contribution in [0.5, 0.6) is 0 Å². The standard InChI is InChI=1S/C21H30N2O4/c24-17-16-23(19-10-6-1-2-7-11-19)20(25)13-15-22(21(26)27)14-12-18-8-4-3-5-9-18/h3-5,8-9,17,19H,1-2,6-7,10-16H2,(H,26,27). The molecule has 0 aliphatic heterocycles. The van der Waals surface area contributed by atoms with Crippen molar-refractivity contribution >= 4 is 18.3 Å². The average molecular weight is 374 g/mol. The monoisotopic (exact) mass is 374 g/mol. The molecule has 1 fully saturated rings. The molecule has 0 unspecified atom stereocenters. The quantitative estimate of drug-likeness (QED) is 0.531. The molecule has 6 nitrogen and oxygen atoms in total. The van der Waals surface area contributed by atoms with E-state index >= 15 is 0 Å². The molecule has 0 heterocycles. The maximum absolute atomic E-state index is 12.7. The number of amides is 2. The molecule has 6 heteroatoms. The van der Waals surface area contributed by atoms with Crippen LogP contribution >= 0.6 is 0 Å². The fourth-order valence-corrected chi connectivity index (χ4v) is 3.69. The predicted molar refractivity (Wildman–Crippen MR) is 104 cm³/mol. The van der Waals surface area contributed by atoms with Crippen LogP contribution in [0.2, 0.25) is 0 Å². The molecule has 0 aromatic heterocycles. The molecule has 1 saturated carbocycles. The van der Waals surface area contributed by atoms with E-state index in [0.717, 1.165) is 37.5 Å². The molecule has 1 N–H and O–H groups in total. The van der Waals surface area contributed by atoms with E-state index in [1.54, 1.807) is 4.90 Å². The minimum atomic E-state index is -1.02. The van der Waals surface area contributed by atoms with Crippen molar-refractivity contribution in [1.29, 1.82) is 0 Å². The Hall–Kier alpha value is -2.37. The van der Waals surface area contributed by atoms with Crippen LogP contribution in [0.15, 0.2) is 30.3 Å². The van der Waals surface area contributed by atoms with Gasteiger partial charge in [0.2, 0.25) is 5.91 Å². The fraction of sp³-hybridized carbons (Fsp3) is 0.571. The third-order valence-electron chi connectivity index (χ3n) is 5.24. The summed E-state index contributed by atoms with van der Waals surface area (Å²) in [7, 11) is 0. The van der Waals surface area contributed by atoms with E-state index in [0.29, 0.717) is 13.0 Å². The van der Waals surface area contributed by atoms with Gasteiger partial charge in [0.05, 0.1) is 6.54 Å². The van der Waals surface area contributed by atoms with Crippen molar-refractivity contribution in [1.82, 2.24) is 9.80 Å². The van der Waals surface area contributed by atoms with Crippen molar-refractivity contribution in [2.24, 2.45) is 0 Å². The van der Waals surface area contributed by atoms with E-state index in [9.17, 15) is 19.5 Å². The minimum Gasteiger partial charge on any atom is -0.465 e. The Morgan fingerprint density at radius 1 is 1.04 bits per heavy atom. The lowest BCUT2D eigenvalue weighted by atomic mass is 10.1. The summed E-state index contributed by atoms with van der Waals surface area (Å²) in [6, 6.07) is 9.80. The summed E-state index contributed by atoms with van der Waals surface area (Å²) in [4.78, 5) is 38.2. The van der Waals surface area contributed by atoms with Crippen molar-refractivity contribution in [3.8, 4) is 0 Å². The lowest BCUT2D eigenvalue weighted by Gasteiger charge is -2.30. The first-order chi connectivity index (χ1) is 13.1. The van der Waals surface area contributed by atoms with Gasteiger partial charge in [0, 0.05) is 25.6 Å². The average Bonchev–Trinajstić information content (AvgIpc) is 2.95. The first-order valence-corrected chi connectivity index (χ1v) is 9.86. The van der Waals surface area contributed by atoms with E-state index in [1.807, 2.05) is 30.3 Å². The molecule has 1 aromatic rings. The van der Waals surface area contributed by atoms with E-state index in [4.69, 9.17) is 0 Å². The highest BCUT2D eigenvalue weighted by Gasteiger charge is 2.25. The number of aldehydes is 1. The largest absolute Gasteiger partial charge is 0.465 e. The lowest BCUT2D eigenvalue weighted by Crippen LogP contribution is -2.43. The van der Waals surface area contributed by atoms with Crippen LogP contribution in [0.4, 0.5) is 4.79 Å². The highest BCUT2D eigenvalue weighted by Crippen LogP contribution is 2.22. The number of hydrogen-bond donors (Lipinski definition) is 1. The number of hydrogen-bond acceptors (Lipinski definition) is 3. The van der Waals surface area contributed by atoms with E-state index in [-0.39, 0.29) is 31.5 Å². The minimum absolute atomic E-state index is 0.0978. The molecule has 0 saturated heterocycles. The summed E-state index contributed by atoms with van der Waals surface area (Å²) in [5, 5.41) is 9.44. The Morgan fingerprint density at radius 3 is 2.30 bits per heavy atom. The number of benzene rings is 1. The molecule has 27 heavy (non-hydrogen) atoms. The normalized spacial score (nSPS) is 15.0. The summed E-state index contributed by atoms with van der Waals surface area (Å²) in [5.74, 6) is -0.125. The SMILES string of the molecule is O=CCN(C(=O)CCN(CCc1ccccc1)C(=O)O)C1CCCCCC1. The van der Waals surface area contributed by atoms with E-state index in [2.05, 4.69) is 0 Å². The highest BCUT2D eigenvalue weighted by molar-refractivity contribution is 5.79. The third-order valence-corrected chi connectivity index (χ3v) is 5.24. The molecule has 0 bridgehead atoms. The van der Waals surface area contributed by atoms with Crippen molar-refractivity contribution in [3.63, 3.8) is 0 Å². The molecule has 0 spiro atoms. The molecular formula is C21H30N2O4. The molecule has 1 aliphatic rings. The van der Waals surface area contributed by atoms with Gasteiger partial charge in [0.15, 0.2) is 0 Å². The van der Waals surface area contributed by atoms with Gasteiger partial charge in [-0.1, -0.05) is 56.0 Å². The topological polar surface area (TPSA) is 77.9 Å². The zero-order chi connectivity index (χ0) is 19.5. The van der Waals surface area contributed by atoms with Gasteiger partial charge in [-0.15, -0.1) is 0 Å². The summed E-state index contributed by atoms with van der Waals surface area (Å²) < 4.78 is 0. The number of carbonyl (C=O) groups is 3. The van der Waals surface area contributed by atoms with E-state index in [1.165, 1.54) is 17.7 Å². The van der Waals surface area contributed by atoms with Gasteiger partial charge in [-0.3, -0.25) is 4.79 Å². The first-order valence-electron chi connectivity index (χ1n) is 9.86. The molecule has 1 aromatic carbocycles. The Kier molecular flexibility index (Phi) is 8.81. The van der Waals surface area contributed by atoms with Crippen LogP contribution in [0.3, 0.4) is 0 Å². The van der Waals surface area contributed by atoms with Crippen LogP contribution in [0.25, 0.3) is 0 Å². The van der Waals surface area contributed by atoms with Crippen molar-refractivity contribution in [2.45, 2.75) is 57.4 Å². The summed E-state index contributed by atoms with van der Waals surface area (Å²) in [5.41, 5.74) is 1.07.